The molecule has 12 heteroatoms. The Kier molecular flexibility index (Phi) is 10.2. The Labute approximate surface area is 243 Å². The zero-order valence-electron chi connectivity index (χ0n) is 24.1. The van der Waals surface area contributed by atoms with Crippen molar-refractivity contribution in [3.63, 3.8) is 0 Å². The van der Waals surface area contributed by atoms with E-state index in [1.54, 1.807) is 24.3 Å². The van der Waals surface area contributed by atoms with Crippen LogP contribution in [0.2, 0.25) is 0 Å². The molecule has 0 radical (unpaired) electrons. The summed E-state index contributed by atoms with van der Waals surface area (Å²) < 4.78 is 49.1. The minimum atomic E-state index is -4.54. The van der Waals surface area contributed by atoms with Crippen LogP contribution in [0.1, 0.15) is 54.5 Å². The number of halogens is 3. The second-order valence-electron chi connectivity index (χ2n) is 11.1. The summed E-state index contributed by atoms with van der Waals surface area (Å²) in [5.74, 6) is 0.879. The SMILES string of the molecule is CCN1CCCOc2ccc(cc2)CNc2nc(nc(OCC(F)(F)F)n2)Cc2ccc(cc2)C(=O)NCC(C)(C)C1. The maximum atomic E-state index is 12.9. The number of ether oxygens (including phenoxy) is 2. The van der Waals surface area contributed by atoms with E-state index in [1.807, 2.05) is 24.3 Å². The quantitative estimate of drug-likeness (QED) is 0.448. The molecule has 42 heavy (non-hydrogen) atoms. The molecule has 3 aromatic rings. The average molecular weight is 587 g/mol. The zero-order chi connectivity index (χ0) is 30.2. The summed E-state index contributed by atoms with van der Waals surface area (Å²) in [4.78, 5) is 27.7. The highest BCUT2D eigenvalue weighted by Crippen LogP contribution is 2.20. The van der Waals surface area contributed by atoms with E-state index in [0.29, 0.717) is 25.3 Å². The van der Waals surface area contributed by atoms with E-state index >= 15 is 0 Å². The maximum absolute atomic E-state index is 12.9. The number of nitrogens with zero attached hydrogens (tertiary/aromatic N) is 4. The van der Waals surface area contributed by atoms with Gasteiger partial charge in [-0.3, -0.25) is 4.79 Å². The highest BCUT2D eigenvalue weighted by atomic mass is 19.4. The summed E-state index contributed by atoms with van der Waals surface area (Å²) in [7, 11) is 0. The van der Waals surface area contributed by atoms with Crippen LogP contribution in [-0.2, 0) is 13.0 Å². The number of hydrogen-bond acceptors (Lipinski definition) is 8. The van der Waals surface area contributed by atoms with Crippen LogP contribution in [0.25, 0.3) is 0 Å². The summed E-state index contributed by atoms with van der Waals surface area (Å²) in [6.07, 6.45) is -3.48. The van der Waals surface area contributed by atoms with Crippen molar-refractivity contribution in [2.75, 3.05) is 44.7 Å². The van der Waals surface area contributed by atoms with Crippen molar-refractivity contribution in [2.24, 2.45) is 5.41 Å². The molecule has 0 unspecified atom stereocenters. The van der Waals surface area contributed by atoms with Crippen LogP contribution in [0, 0.1) is 5.41 Å². The molecule has 2 N–H and O–H groups in total. The number of aromatic nitrogens is 3. The van der Waals surface area contributed by atoms with Gasteiger partial charge in [-0.2, -0.15) is 28.1 Å². The number of carbonyl (C=O) groups is 1. The predicted molar refractivity (Wildman–Crippen MR) is 153 cm³/mol. The Morgan fingerprint density at radius 1 is 1.00 bits per heavy atom. The molecule has 5 heterocycles. The van der Waals surface area contributed by atoms with Gasteiger partial charge >= 0.3 is 12.2 Å². The molecule has 0 aliphatic carbocycles. The second kappa shape index (κ2) is 13.8. The van der Waals surface area contributed by atoms with Crippen molar-refractivity contribution in [3.05, 3.63) is 71.0 Å². The van der Waals surface area contributed by atoms with Crippen molar-refractivity contribution in [2.45, 2.75) is 46.3 Å². The molecule has 0 saturated carbocycles. The van der Waals surface area contributed by atoms with E-state index in [-0.39, 0.29) is 29.5 Å². The van der Waals surface area contributed by atoms with Gasteiger partial charge in [-0.25, -0.2) is 0 Å². The van der Waals surface area contributed by atoms with Crippen LogP contribution >= 0.6 is 0 Å². The lowest BCUT2D eigenvalue weighted by atomic mass is 9.92. The van der Waals surface area contributed by atoms with Gasteiger partial charge in [0.25, 0.3) is 5.91 Å². The summed E-state index contributed by atoms with van der Waals surface area (Å²) in [6.45, 7) is 8.87. The number of amides is 1. The van der Waals surface area contributed by atoms with Gasteiger partial charge in [0.1, 0.15) is 11.6 Å². The molecule has 9 nitrogen and oxygen atoms in total. The molecule has 0 fully saturated rings. The highest BCUT2D eigenvalue weighted by Gasteiger charge is 2.29. The number of nitrogens with one attached hydrogen (secondary N) is 2. The van der Waals surface area contributed by atoms with Crippen LogP contribution < -0.4 is 20.1 Å². The predicted octanol–water partition coefficient (Wildman–Crippen LogP) is 4.88. The third kappa shape index (κ3) is 9.86. The molecular weight excluding hydrogens is 549 g/mol. The fourth-order valence-corrected chi connectivity index (χ4v) is 4.52. The first-order chi connectivity index (χ1) is 20.0. The summed E-state index contributed by atoms with van der Waals surface area (Å²) in [6, 6.07) is 14.1. The molecular formula is C30H37F3N6O3. The monoisotopic (exact) mass is 586 g/mol. The highest BCUT2D eigenvalue weighted by molar-refractivity contribution is 5.94. The largest absolute Gasteiger partial charge is 0.494 e. The number of benzene rings is 2. The minimum Gasteiger partial charge on any atom is -0.494 e. The van der Waals surface area contributed by atoms with Crippen molar-refractivity contribution in [1.82, 2.24) is 25.2 Å². The van der Waals surface area contributed by atoms with Crippen molar-refractivity contribution in [1.29, 1.82) is 0 Å². The molecule has 4 aliphatic heterocycles. The second-order valence-corrected chi connectivity index (χ2v) is 11.1. The average Bonchev–Trinajstić information content (AvgIpc) is 2.95. The van der Waals surface area contributed by atoms with E-state index < -0.39 is 18.8 Å². The molecule has 4 aliphatic rings. The van der Waals surface area contributed by atoms with Crippen LogP contribution in [0.15, 0.2) is 48.5 Å². The summed E-state index contributed by atoms with van der Waals surface area (Å²) in [5.41, 5.74) is 2.04. The molecule has 0 atom stereocenters. The first kappa shape index (κ1) is 31.0. The molecule has 0 spiro atoms. The molecule has 1 aromatic heterocycles. The lowest BCUT2D eigenvalue weighted by Crippen LogP contribution is -2.42. The lowest BCUT2D eigenvalue weighted by Gasteiger charge is -2.32. The first-order valence-corrected chi connectivity index (χ1v) is 14.0. The van der Waals surface area contributed by atoms with Gasteiger partial charge in [-0.1, -0.05) is 45.0 Å². The Morgan fingerprint density at radius 3 is 2.40 bits per heavy atom. The smallest absolute Gasteiger partial charge is 0.422 e. The molecule has 7 rings (SSSR count). The fourth-order valence-electron chi connectivity index (χ4n) is 4.52. The molecule has 6 bridgehead atoms. The van der Waals surface area contributed by atoms with Gasteiger partial charge in [0.15, 0.2) is 6.61 Å². The fraction of sp³-hybridized carbons (Fsp3) is 0.467. The van der Waals surface area contributed by atoms with Gasteiger partial charge in [0.05, 0.1) is 6.61 Å². The number of anilines is 1. The van der Waals surface area contributed by atoms with Crippen molar-refractivity contribution < 1.29 is 27.4 Å². The Balaban J connectivity index is 1.57. The topological polar surface area (TPSA) is 102 Å². The van der Waals surface area contributed by atoms with Crippen molar-refractivity contribution >= 4 is 11.9 Å². The Bertz CT molecular complexity index is 1320. The van der Waals surface area contributed by atoms with Gasteiger partial charge in [-0.05, 0) is 53.8 Å². The van der Waals surface area contributed by atoms with Gasteiger partial charge in [0, 0.05) is 38.2 Å². The number of rotatable bonds is 3. The molecule has 0 saturated heterocycles. The number of carbonyl (C=O) groups excluding carboxylic acids is 1. The maximum Gasteiger partial charge on any atom is 0.422 e. The van der Waals surface area contributed by atoms with Gasteiger partial charge in [-0.15, -0.1) is 0 Å². The van der Waals surface area contributed by atoms with Crippen LogP contribution in [0.5, 0.6) is 11.8 Å². The normalized spacial score (nSPS) is 17.0. The van der Waals surface area contributed by atoms with E-state index in [4.69, 9.17) is 9.47 Å². The van der Waals surface area contributed by atoms with E-state index in [0.717, 1.165) is 42.9 Å². The van der Waals surface area contributed by atoms with Crippen LogP contribution in [-0.4, -0.2) is 71.3 Å². The summed E-state index contributed by atoms with van der Waals surface area (Å²) in [5, 5.41) is 6.08. The Morgan fingerprint density at radius 2 is 1.71 bits per heavy atom. The van der Waals surface area contributed by atoms with Crippen molar-refractivity contribution in [3.8, 4) is 11.8 Å². The third-order valence-corrected chi connectivity index (χ3v) is 6.69. The lowest BCUT2D eigenvalue weighted by molar-refractivity contribution is -0.154. The van der Waals surface area contributed by atoms with E-state index in [2.05, 4.69) is 51.3 Å². The van der Waals surface area contributed by atoms with Crippen LogP contribution in [0.4, 0.5) is 19.1 Å². The summed E-state index contributed by atoms with van der Waals surface area (Å²) >= 11 is 0. The van der Waals surface area contributed by atoms with Gasteiger partial charge in [0.2, 0.25) is 5.95 Å². The molecule has 2 aromatic carbocycles. The standard InChI is InChI=1S/C30H37F3N6O3/c1-4-39-14-5-15-41-24-12-8-22(9-13-24)17-34-27-36-25(37-28(38-27)42-20-30(31,32)33)16-21-6-10-23(11-7-21)26(40)35-18-29(2,3)19-39/h6-13H,4-5,14-20H2,1-3H3,(H,35,40)(H,34,36,37,38). The van der Waals surface area contributed by atoms with Gasteiger partial charge < -0.3 is 25.0 Å². The molecule has 1 amide bonds. The minimum absolute atomic E-state index is 0.0889. The third-order valence-electron chi connectivity index (χ3n) is 6.69. The van der Waals surface area contributed by atoms with E-state index in [9.17, 15) is 18.0 Å². The van der Waals surface area contributed by atoms with Crippen LogP contribution in [0.3, 0.4) is 0 Å². The zero-order valence-corrected chi connectivity index (χ0v) is 24.1. The van der Waals surface area contributed by atoms with E-state index in [1.165, 1.54) is 0 Å². The first-order valence-electron chi connectivity index (χ1n) is 14.0. The molecule has 226 valence electrons. The number of hydrogen-bond donors (Lipinski definition) is 2. The number of alkyl halides is 3. The Hall–Kier alpha value is -3.93.